The van der Waals surface area contributed by atoms with Crippen molar-refractivity contribution in [2.24, 2.45) is 0 Å². The molecule has 0 bridgehead atoms. The van der Waals surface area contributed by atoms with Crippen LogP contribution < -0.4 is 0 Å². The minimum Gasteiger partial charge on any atom is -0.278 e. The molecule has 0 radical (unpaired) electrons. The zero-order chi connectivity index (χ0) is 15.4. The van der Waals surface area contributed by atoms with Crippen LogP contribution in [0.15, 0.2) is 0 Å². The first kappa shape index (κ1) is 14.5. The second kappa shape index (κ2) is 4.77. The maximum atomic E-state index is 11.9. The highest BCUT2D eigenvalue weighted by atomic mass is 32.2. The van der Waals surface area contributed by atoms with Gasteiger partial charge < -0.3 is 0 Å². The first-order valence-electron chi connectivity index (χ1n) is 6.90. The summed E-state index contributed by atoms with van der Waals surface area (Å²) in [6.45, 7) is -0.00139. The molecule has 0 spiro atoms. The zero-order valence-corrected chi connectivity index (χ0v) is 12.5. The normalized spacial score (nSPS) is 29.0. The highest BCUT2D eigenvalue weighted by Crippen LogP contribution is 2.32. The van der Waals surface area contributed by atoms with Crippen molar-refractivity contribution >= 4 is 27.7 Å². The van der Waals surface area contributed by atoms with E-state index in [1.165, 1.54) is 7.05 Å². The van der Waals surface area contributed by atoms with Gasteiger partial charge in [0.05, 0.1) is 18.2 Å². The number of likely N-dealkylation sites (N-methyl/N-ethyl adjacent to an activating group) is 1. The summed E-state index contributed by atoms with van der Waals surface area (Å²) in [7, 11) is -1.77. The molecule has 1 saturated carbocycles. The van der Waals surface area contributed by atoms with Gasteiger partial charge in [0, 0.05) is 19.1 Å². The van der Waals surface area contributed by atoms with E-state index in [4.69, 9.17) is 0 Å². The molecular formula is C12H17N3O5S. The van der Waals surface area contributed by atoms with E-state index < -0.39 is 27.7 Å². The second-order valence-corrected chi connectivity index (χ2v) is 8.05. The Morgan fingerprint density at radius 3 is 2.19 bits per heavy atom. The van der Waals surface area contributed by atoms with Crippen LogP contribution in [0.4, 0.5) is 4.79 Å². The topological polar surface area (TPSA) is 95.1 Å². The first-order valence-corrected chi connectivity index (χ1v) is 8.72. The third-order valence-corrected chi connectivity index (χ3v) is 6.00. The molecule has 0 unspecified atom stereocenters. The number of carbonyl (C=O) groups is 3. The predicted molar refractivity (Wildman–Crippen MR) is 71.8 cm³/mol. The van der Waals surface area contributed by atoms with Gasteiger partial charge in [-0.2, -0.15) is 0 Å². The van der Waals surface area contributed by atoms with Crippen molar-refractivity contribution in [2.45, 2.75) is 31.3 Å². The van der Waals surface area contributed by atoms with Gasteiger partial charge in [-0.15, -0.1) is 0 Å². The average Bonchev–Trinajstić information content (AvgIpc) is 3.17. The van der Waals surface area contributed by atoms with E-state index >= 15 is 0 Å². The van der Waals surface area contributed by atoms with Crippen LogP contribution in [0.2, 0.25) is 0 Å². The van der Waals surface area contributed by atoms with Crippen molar-refractivity contribution in [1.82, 2.24) is 14.7 Å². The first-order chi connectivity index (χ1) is 9.80. The van der Waals surface area contributed by atoms with Gasteiger partial charge in [0.15, 0.2) is 9.84 Å². The van der Waals surface area contributed by atoms with Crippen LogP contribution >= 0.6 is 0 Å². The molecule has 0 aromatic carbocycles. The lowest BCUT2D eigenvalue weighted by Gasteiger charge is -2.30. The van der Waals surface area contributed by atoms with Crippen LogP contribution in [-0.2, 0) is 19.4 Å². The van der Waals surface area contributed by atoms with E-state index in [0.29, 0.717) is 6.42 Å². The summed E-state index contributed by atoms with van der Waals surface area (Å²) in [6, 6.07) is -0.620. The van der Waals surface area contributed by atoms with E-state index in [1.807, 2.05) is 4.90 Å². The molecule has 3 rings (SSSR count). The molecule has 1 aliphatic carbocycles. The summed E-state index contributed by atoms with van der Waals surface area (Å²) in [6.07, 6.45) is 2.37. The molecular weight excluding hydrogens is 298 g/mol. The van der Waals surface area contributed by atoms with Crippen LogP contribution in [0, 0.1) is 0 Å². The molecule has 0 aromatic heterocycles. The molecule has 0 N–H and O–H groups in total. The maximum Gasteiger partial charge on any atom is 0.335 e. The van der Waals surface area contributed by atoms with Crippen molar-refractivity contribution in [3.63, 3.8) is 0 Å². The van der Waals surface area contributed by atoms with Gasteiger partial charge in [-0.3, -0.25) is 19.4 Å². The number of amides is 4. The largest absolute Gasteiger partial charge is 0.335 e. The number of hydrogen-bond acceptors (Lipinski definition) is 6. The van der Waals surface area contributed by atoms with Crippen molar-refractivity contribution in [3.05, 3.63) is 0 Å². The third kappa shape index (κ3) is 2.55. The SMILES string of the molecule is CN1C(=O)C(=O)N(CN(C2CC2)[C@@H]2CCS(=O)(=O)C2)C1=O. The van der Waals surface area contributed by atoms with E-state index in [1.54, 1.807) is 0 Å². The lowest BCUT2D eigenvalue weighted by molar-refractivity contribution is -0.143. The van der Waals surface area contributed by atoms with Crippen LogP contribution in [0.5, 0.6) is 0 Å². The van der Waals surface area contributed by atoms with Gasteiger partial charge in [0.1, 0.15) is 0 Å². The maximum absolute atomic E-state index is 11.9. The van der Waals surface area contributed by atoms with Crippen molar-refractivity contribution in [1.29, 1.82) is 0 Å². The Morgan fingerprint density at radius 2 is 1.76 bits per heavy atom. The highest BCUT2D eigenvalue weighted by molar-refractivity contribution is 7.91. The van der Waals surface area contributed by atoms with E-state index in [-0.39, 0.29) is 30.3 Å². The predicted octanol–water partition coefficient (Wildman–Crippen LogP) is -0.984. The monoisotopic (exact) mass is 315 g/mol. The molecule has 3 fully saturated rings. The minimum absolute atomic E-state index is 0.00139. The molecule has 2 aliphatic heterocycles. The number of carbonyl (C=O) groups excluding carboxylic acids is 3. The van der Waals surface area contributed by atoms with Crippen LogP contribution in [0.25, 0.3) is 0 Å². The average molecular weight is 315 g/mol. The Hall–Kier alpha value is -1.48. The fourth-order valence-corrected chi connectivity index (χ4v) is 4.62. The number of hydrogen-bond donors (Lipinski definition) is 0. The van der Waals surface area contributed by atoms with Crippen molar-refractivity contribution < 1.29 is 22.8 Å². The Kier molecular flexibility index (Phi) is 3.28. The summed E-state index contributed by atoms with van der Waals surface area (Å²) >= 11 is 0. The van der Waals surface area contributed by atoms with Gasteiger partial charge >= 0.3 is 17.8 Å². The number of imide groups is 2. The summed E-state index contributed by atoms with van der Waals surface area (Å²) < 4.78 is 23.2. The summed E-state index contributed by atoms with van der Waals surface area (Å²) in [5, 5.41) is 0. The second-order valence-electron chi connectivity index (χ2n) is 5.82. The van der Waals surface area contributed by atoms with Crippen LogP contribution in [0.3, 0.4) is 0 Å². The van der Waals surface area contributed by atoms with E-state index in [9.17, 15) is 22.8 Å². The van der Waals surface area contributed by atoms with Gasteiger partial charge in [-0.1, -0.05) is 0 Å². The number of nitrogens with zero attached hydrogens (tertiary/aromatic N) is 3. The van der Waals surface area contributed by atoms with Crippen molar-refractivity contribution in [2.75, 3.05) is 25.2 Å². The van der Waals surface area contributed by atoms with Gasteiger partial charge in [-0.25, -0.2) is 18.1 Å². The molecule has 9 heteroatoms. The number of rotatable bonds is 4. The summed E-state index contributed by atoms with van der Waals surface area (Å²) in [4.78, 5) is 38.8. The molecule has 8 nitrogen and oxygen atoms in total. The highest BCUT2D eigenvalue weighted by Gasteiger charge is 2.46. The lowest BCUT2D eigenvalue weighted by atomic mass is 10.2. The fraction of sp³-hybridized carbons (Fsp3) is 0.750. The summed E-state index contributed by atoms with van der Waals surface area (Å²) in [5.74, 6) is -1.48. The fourth-order valence-electron chi connectivity index (χ4n) is 2.87. The molecule has 2 saturated heterocycles. The van der Waals surface area contributed by atoms with Gasteiger partial charge in [-0.05, 0) is 19.3 Å². The van der Waals surface area contributed by atoms with Crippen LogP contribution in [-0.4, -0.2) is 78.3 Å². The third-order valence-electron chi connectivity index (χ3n) is 4.25. The zero-order valence-electron chi connectivity index (χ0n) is 11.7. The molecule has 2 heterocycles. The lowest BCUT2D eigenvalue weighted by Crippen LogP contribution is -2.48. The Bertz CT molecular complexity index is 612. The Labute approximate surface area is 122 Å². The van der Waals surface area contributed by atoms with E-state index in [0.717, 1.165) is 22.6 Å². The van der Waals surface area contributed by atoms with Gasteiger partial charge in [0.25, 0.3) is 0 Å². The van der Waals surface area contributed by atoms with Crippen LogP contribution in [0.1, 0.15) is 19.3 Å². The Morgan fingerprint density at radius 1 is 1.10 bits per heavy atom. The number of urea groups is 1. The molecule has 3 aliphatic rings. The molecule has 21 heavy (non-hydrogen) atoms. The van der Waals surface area contributed by atoms with Crippen molar-refractivity contribution in [3.8, 4) is 0 Å². The van der Waals surface area contributed by atoms with Gasteiger partial charge in [0.2, 0.25) is 0 Å². The quantitative estimate of drug-likeness (QED) is 0.489. The summed E-state index contributed by atoms with van der Waals surface area (Å²) in [5.41, 5.74) is 0. The number of sulfone groups is 1. The molecule has 4 amide bonds. The molecule has 116 valence electrons. The standard InChI is InChI=1S/C12H17N3O5S/c1-13-10(16)11(17)15(12(13)18)7-14(8-2-3-8)9-4-5-21(19,20)6-9/h8-9H,2-7H2,1H3/t9-/m1/s1. The molecule has 1 atom stereocenters. The molecule has 0 aromatic rings. The Balaban J connectivity index is 1.76. The minimum atomic E-state index is -3.04. The van der Waals surface area contributed by atoms with E-state index in [2.05, 4.69) is 0 Å². The smallest absolute Gasteiger partial charge is 0.278 e.